The molecule has 1 N–H and O–H groups in total. The molecule has 0 saturated carbocycles. The summed E-state index contributed by atoms with van der Waals surface area (Å²) in [5, 5.41) is 18.5. The van der Waals surface area contributed by atoms with E-state index in [0.29, 0.717) is 18.9 Å². The van der Waals surface area contributed by atoms with E-state index in [1.54, 1.807) is 11.8 Å². The van der Waals surface area contributed by atoms with Crippen LogP contribution in [0.2, 0.25) is 0 Å². The van der Waals surface area contributed by atoms with Crippen LogP contribution in [-0.2, 0) is 0 Å². The predicted molar refractivity (Wildman–Crippen MR) is 46.2 cm³/mol. The van der Waals surface area contributed by atoms with Crippen LogP contribution in [0.25, 0.3) is 0 Å². The zero-order chi connectivity index (χ0) is 9.35. The molecular formula is C9H16N2O. The van der Waals surface area contributed by atoms with Crippen molar-refractivity contribution in [1.29, 1.82) is 5.26 Å². The lowest BCUT2D eigenvalue weighted by molar-refractivity contribution is 0.0732. The van der Waals surface area contributed by atoms with E-state index in [0.717, 1.165) is 0 Å². The summed E-state index contributed by atoms with van der Waals surface area (Å²) in [6.45, 7) is 6.43. The summed E-state index contributed by atoms with van der Waals surface area (Å²) in [6, 6.07) is 0.213. The molecule has 1 aliphatic heterocycles. The van der Waals surface area contributed by atoms with Crippen molar-refractivity contribution in [3.63, 3.8) is 0 Å². The normalized spacial score (nSPS) is 35.7. The van der Waals surface area contributed by atoms with Gasteiger partial charge in [0.2, 0.25) is 0 Å². The summed E-state index contributed by atoms with van der Waals surface area (Å²) in [4.78, 5) is 1.69. The van der Waals surface area contributed by atoms with Crippen LogP contribution in [0.1, 0.15) is 27.2 Å². The van der Waals surface area contributed by atoms with Gasteiger partial charge in [-0.25, -0.2) is 0 Å². The van der Waals surface area contributed by atoms with Crippen molar-refractivity contribution < 1.29 is 5.11 Å². The van der Waals surface area contributed by atoms with E-state index in [9.17, 15) is 5.11 Å². The minimum atomic E-state index is -0.676. The van der Waals surface area contributed by atoms with Crippen molar-refractivity contribution in [2.45, 2.75) is 38.8 Å². The summed E-state index contributed by atoms with van der Waals surface area (Å²) in [7, 11) is 0. The number of rotatable bonds is 1. The van der Waals surface area contributed by atoms with Crippen LogP contribution in [0, 0.1) is 17.4 Å². The first-order valence-corrected chi connectivity index (χ1v) is 4.35. The molecule has 3 heteroatoms. The van der Waals surface area contributed by atoms with E-state index < -0.39 is 5.60 Å². The third-order valence-corrected chi connectivity index (χ3v) is 2.46. The number of nitriles is 1. The molecule has 0 spiro atoms. The SMILES string of the molecule is CC(C)C1C[C@](C)(O)CN1C#N. The lowest BCUT2D eigenvalue weighted by atomic mass is 9.96. The first-order chi connectivity index (χ1) is 5.46. The highest BCUT2D eigenvalue weighted by Gasteiger charge is 2.40. The lowest BCUT2D eigenvalue weighted by Crippen LogP contribution is -2.29. The van der Waals surface area contributed by atoms with Gasteiger partial charge in [0.15, 0.2) is 6.19 Å². The van der Waals surface area contributed by atoms with Crippen molar-refractivity contribution in [3.05, 3.63) is 0 Å². The Hall–Kier alpha value is -0.750. The maximum absolute atomic E-state index is 9.72. The third kappa shape index (κ3) is 1.70. The van der Waals surface area contributed by atoms with E-state index in [1.807, 2.05) is 0 Å². The first kappa shape index (κ1) is 9.34. The fourth-order valence-corrected chi connectivity index (χ4v) is 1.81. The molecular weight excluding hydrogens is 152 g/mol. The van der Waals surface area contributed by atoms with Gasteiger partial charge in [0, 0.05) is 6.04 Å². The van der Waals surface area contributed by atoms with E-state index in [1.165, 1.54) is 0 Å². The monoisotopic (exact) mass is 168 g/mol. The minimum absolute atomic E-state index is 0.213. The molecule has 68 valence electrons. The average molecular weight is 168 g/mol. The second kappa shape index (κ2) is 2.95. The fourth-order valence-electron chi connectivity index (χ4n) is 1.81. The lowest BCUT2D eigenvalue weighted by Gasteiger charge is -2.20. The Bertz CT molecular complexity index is 205. The Morgan fingerprint density at radius 1 is 1.67 bits per heavy atom. The fraction of sp³-hybridized carbons (Fsp3) is 0.889. The summed E-state index contributed by atoms with van der Waals surface area (Å²) >= 11 is 0. The van der Waals surface area contributed by atoms with Crippen LogP contribution in [0.15, 0.2) is 0 Å². The number of β-amino-alcohol motifs (C(OH)–C–C–N with tert-alkyl or cyclic N) is 1. The molecule has 1 heterocycles. The van der Waals surface area contributed by atoms with E-state index >= 15 is 0 Å². The summed E-state index contributed by atoms with van der Waals surface area (Å²) in [6.07, 6.45) is 2.83. The van der Waals surface area contributed by atoms with Crippen molar-refractivity contribution >= 4 is 0 Å². The van der Waals surface area contributed by atoms with Crippen molar-refractivity contribution in [3.8, 4) is 6.19 Å². The maximum atomic E-state index is 9.72. The van der Waals surface area contributed by atoms with Gasteiger partial charge in [-0.2, -0.15) is 5.26 Å². The van der Waals surface area contributed by atoms with Crippen LogP contribution >= 0.6 is 0 Å². The van der Waals surface area contributed by atoms with Gasteiger partial charge in [0.05, 0.1) is 12.1 Å². The standard InChI is InChI=1S/C9H16N2O/c1-7(2)8-4-9(3,12)5-11(8)6-10/h7-8,12H,4-5H2,1-3H3/t8?,9-/m0/s1. The number of likely N-dealkylation sites (tertiary alicyclic amines) is 1. The molecule has 1 saturated heterocycles. The van der Waals surface area contributed by atoms with Gasteiger partial charge in [-0.15, -0.1) is 0 Å². The zero-order valence-corrected chi connectivity index (χ0v) is 7.91. The third-order valence-electron chi connectivity index (χ3n) is 2.46. The van der Waals surface area contributed by atoms with Crippen molar-refractivity contribution in [2.75, 3.05) is 6.54 Å². The van der Waals surface area contributed by atoms with Crippen LogP contribution in [0.3, 0.4) is 0 Å². The van der Waals surface area contributed by atoms with Gasteiger partial charge in [0.25, 0.3) is 0 Å². The highest BCUT2D eigenvalue weighted by molar-refractivity contribution is 4.99. The van der Waals surface area contributed by atoms with Gasteiger partial charge in [0.1, 0.15) is 0 Å². The smallest absolute Gasteiger partial charge is 0.179 e. The second-order valence-electron chi connectivity index (χ2n) is 4.24. The summed E-state index contributed by atoms with van der Waals surface area (Å²) in [5.74, 6) is 0.429. The Balaban J connectivity index is 2.71. The Morgan fingerprint density at radius 2 is 2.25 bits per heavy atom. The summed E-state index contributed by atoms with van der Waals surface area (Å²) < 4.78 is 0. The number of hydrogen-bond donors (Lipinski definition) is 1. The molecule has 0 aromatic heterocycles. The van der Waals surface area contributed by atoms with Crippen LogP contribution in [0.5, 0.6) is 0 Å². The molecule has 3 nitrogen and oxygen atoms in total. The van der Waals surface area contributed by atoms with E-state index in [2.05, 4.69) is 20.0 Å². The van der Waals surface area contributed by atoms with Gasteiger partial charge < -0.3 is 10.0 Å². The predicted octanol–water partition coefficient (Wildman–Crippen LogP) is 0.949. The second-order valence-corrected chi connectivity index (χ2v) is 4.24. The van der Waals surface area contributed by atoms with Crippen molar-refractivity contribution in [1.82, 2.24) is 4.90 Å². The summed E-state index contributed by atoms with van der Waals surface area (Å²) in [5.41, 5.74) is -0.676. The molecule has 1 fully saturated rings. The van der Waals surface area contributed by atoms with Crippen LogP contribution in [0.4, 0.5) is 0 Å². The molecule has 1 aliphatic rings. The molecule has 0 aromatic rings. The molecule has 0 aliphatic carbocycles. The topological polar surface area (TPSA) is 47.3 Å². The highest BCUT2D eigenvalue weighted by atomic mass is 16.3. The van der Waals surface area contributed by atoms with Crippen LogP contribution in [-0.4, -0.2) is 28.2 Å². The Labute approximate surface area is 73.6 Å². The molecule has 0 bridgehead atoms. The van der Waals surface area contributed by atoms with E-state index in [4.69, 9.17) is 5.26 Å². The van der Waals surface area contributed by atoms with Gasteiger partial charge >= 0.3 is 0 Å². The average Bonchev–Trinajstić information content (AvgIpc) is 2.25. The molecule has 1 unspecified atom stereocenters. The minimum Gasteiger partial charge on any atom is -0.388 e. The van der Waals surface area contributed by atoms with E-state index in [-0.39, 0.29) is 6.04 Å². The number of hydrogen-bond acceptors (Lipinski definition) is 3. The van der Waals surface area contributed by atoms with Gasteiger partial charge in [-0.05, 0) is 19.3 Å². The molecule has 1 rings (SSSR count). The maximum Gasteiger partial charge on any atom is 0.179 e. The van der Waals surface area contributed by atoms with Gasteiger partial charge in [-0.3, -0.25) is 0 Å². The van der Waals surface area contributed by atoms with Gasteiger partial charge in [-0.1, -0.05) is 13.8 Å². The number of nitrogens with zero attached hydrogens (tertiary/aromatic N) is 2. The zero-order valence-electron chi connectivity index (χ0n) is 7.91. The molecule has 0 amide bonds. The Kier molecular flexibility index (Phi) is 2.29. The van der Waals surface area contributed by atoms with Crippen molar-refractivity contribution in [2.24, 2.45) is 5.92 Å². The largest absolute Gasteiger partial charge is 0.388 e. The Morgan fingerprint density at radius 3 is 2.58 bits per heavy atom. The molecule has 2 atom stereocenters. The highest BCUT2D eigenvalue weighted by Crippen LogP contribution is 2.30. The molecule has 0 aromatic carbocycles. The van der Waals surface area contributed by atoms with Crippen LogP contribution < -0.4 is 0 Å². The number of aliphatic hydroxyl groups is 1. The quantitative estimate of drug-likeness (QED) is 0.593. The molecule has 0 radical (unpaired) electrons. The first-order valence-electron chi connectivity index (χ1n) is 4.35. The molecule has 12 heavy (non-hydrogen) atoms.